The molecule has 0 spiro atoms. The van der Waals surface area contributed by atoms with Crippen LogP contribution in [-0.4, -0.2) is 30.1 Å². The Hall–Kier alpha value is -2.96. The minimum atomic E-state index is -1.29. The molecule has 0 aromatic heterocycles. The van der Waals surface area contributed by atoms with Crippen molar-refractivity contribution in [3.8, 4) is 5.75 Å². The van der Waals surface area contributed by atoms with Crippen LogP contribution in [0.15, 0.2) is 42.5 Å². The van der Waals surface area contributed by atoms with Gasteiger partial charge in [0.25, 0.3) is 5.91 Å². The van der Waals surface area contributed by atoms with Crippen molar-refractivity contribution in [2.75, 3.05) is 7.11 Å². The van der Waals surface area contributed by atoms with Gasteiger partial charge in [-0.1, -0.05) is 18.2 Å². The molecule has 0 aliphatic carbocycles. The molecule has 2 aromatic carbocycles. The van der Waals surface area contributed by atoms with Gasteiger partial charge in [-0.3, -0.25) is 4.79 Å². The van der Waals surface area contributed by atoms with Gasteiger partial charge in [0.05, 0.1) is 12.7 Å². The van der Waals surface area contributed by atoms with Gasteiger partial charge in [0, 0.05) is 12.5 Å². The Morgan fingerprint density at radius 2 is 1.92 bits per heavy atom. The Balaban J connectivity index is 2.19. The molecular weight excluding hydrogens is 320 g/mol. The summed E-state index contributed by atoms with van der Waals surface area (Å²) in [7, 11) is 1.45. The van der Waals surface area contributed by atoms with Crippen LogP contribution in [0.25, 0.3) is 0 Å². The normalized spacial score (nSPS) is 11.6. The van der Waals surface area contributed by atoms with Crippen molar-refractivity contribution in [3.05, 3.63) is 65.2 Å². The van der Waals surface area contributed by atoms with E-state index in [1.54, 1.807) is 24.3 Å². The van der Waals surface area contributed by atoms with Gasteiger partial charge in [0.1, 0.15) is 23.4 Å². The highest BCUT2D eigenvalue weighted by Gasteiger charge is 2.24. The Morgan fingerprint density at radius 1 is 1.21 bits per heavy atom. The van der Waals surface area contributed by atoms with Crippen LogP contribution in [0.5, 0.6) is 5.75 Å². The smallest absolute Gasteiger partial charge is 0.326 e. The molecular formula is C17H15F2NO4. The third kappa shape index (κ3) is 4.07. The Labute approximate surface area is 136 Å². The summed E-state index contributed by atoms with van der Waals surface area (Å²) in [6.45, 7) is 0. The number of benzene rings is 2. The third-order valence-electron chi connectivity index (χ3n) is 3.40. The molecule has 5 nitrogen and oxygen atoms in total. The summed E-state index contributed by atoms with van der Waals surface area (Å²) in [5.41, 5.74) is 0.148. The topological polar surface area (TPSA) is 75.6 Å². The van der Waals surface area contributed by atoms with Crippen LogP contribution < -0.4 is 10.1 Å². The number of aliphatic carboxylic acids is 1. The summed E-state index contributed by atoms with van der Waals surface area (Å²) in [4.78, 5) is 23.5. The second-order valence-electron chi connectivity index (χ2n) is 5.00. The summed E-state index contributed by atoms with van der Waals surface area (Å²) in [5, 5.41) is 11.5. The quantitative estimate of drug-likeness (QED) is 0.850. The first-order valence-electron chi connectivity index (χ1n) is 7.03. The molecule has 2 rings (SSSR count). The maximum absolute atomic E-state index is 13.6. The molecule has 0 bridgehead atoms. The van der Waals surface area contributed by atoms with Gasteiger partial charge in [-0.25, -0.2) is 13.6 Å². The van der Waals surface area contributed by atoms with Crippen molar-refractivity contribution in [1.29, 1.82) is 0 Å². The average molecular weight is 335 g/mol. The lowest BCUT2D eigenvalue weighted by atomic mass is 10.0. The fraction of sp³-hybridized carbons (Fsp3) is 0.176. The summed E-state index contributed by atoms with van der Waals surface area (Å²) >= 11 is 0. The minimum Gasteiger partial charge on any atom is -0.496 e. The molecule has 1 amide bonds. The Kier molecular flexibility index (Phi) is 5.47. The van der Waals surface area contributed by atoms with Crippen LogP contribution in [0.3, 0.4) is 0 Å². The van der Waals surface area contributed by atoms with E-state index in [2.05, 4.69) is 5.32 Å². The number of hydrogen-bond donors (Lipinski definition) is 2. The van der Waals surface area contributed by atoms with Crippen LogP contribution >= 0.6 is 0 Å². The molecule has 7 heteroatoms. The number of carboxylic acid groups (broad SMARTS) is 1. The van der Waals surface area contributed by atoms with Gasteiger partial charge >= 0.3 is 5.97 Å². The number of methoxy groups -OCH3 is 1. The van der Waals surface area contributed by atoms with E-state index in [4.69, 9.17) is 4.74 Å². The highest BCUT2D eigenvalue weighted by atomic mass is 19.1. The van der Waals surface area contributed by atoms with E-state index in [-0.39, 0.29) is 6.42 Å². The number of halogens is 2. The second kappa shape index (κ2) is 7.54. The Bertz CT molecular complexity index is 764. The van der Waals surface area contributed by atoms with Crippen LogP contribution in [0.2, 0.25) is 0 Å². The third-order valence-corrected chi connectivity index (χ3v) is 3.40. The summed E-state index contributed by atoms with van der Waals surface area (Å²) in [6.07, 6.45) is -0.0477. The summed E-state index contributed by atoms with van der Waals surface area (Å²) in [5.74, 6) is -3.63. The predicted octanol–water partition coefficient (Wildman–Crippen LogP) is 2.40. The highest BCUT2D eigenvalue weighted by molar-refractivity contribution is 5.96. The second-order valence-corrected chi connectivity index (χ2v) is 5.00. The van der Waals surface area contributed by atoms with E-state index in [0.29, 0.717) is 17.4 Å². The molecule has 0 fully saturated rings. The van der Waals surface area contributed by atoms with Crippen LogP contribution in [-0.2, 0) is 11.2 Å². The van der Waals surface area contributed by atoms with Gasteiger partial charge in [-0.2, -0.15) is 0 Å². The Morgan fingerprint density at radius 3 is 2.54 bits per heavy atom. The molecule has 0 saturated carbocycles. The number of para-hydroxylation sites is 1. The zero-order valence-corrected chi connectivity index (χ0v) is 12.8. The lowest BCUT2D eigenvalue weighted by Gasteiger charge is -2.16. The summed E-state index contributed by atoms with van der Waals surface area (Å²) < 4.78 is 31.7. The largest absolute Gasteiger partial charge is 0.496 e. The number of nitrogens with one attached hydrogen (secondary N) is 1. The molecule has 0 unspecified atom stereocenters. The maximum atomic E-state index is 13.6. The van der Waals surface area contributed by atoms with Crippen LogP contribution in [0, 0.1) is 11.6 Å². The van der Waals surface area contributed by atoms with E-state index in [1.165, 1.54) is 7.11 Å². The first-order chi connectivity index (χ1) is 11.4. The van der Waals surface area contributed by atoms with Crippen LogP contribution in [0.4, 0.5) is 8.78 Å². The molecule has 2 aromatic rings. The number of hydrogen-bond acceptors (Lipinski definition) is 3. The number of carboxylic acids is 1. The lowest BCUT2D eigenvalue weighted by Crippen LogP contribution is -2.42. The first kappa shape index (κ1) is 17.4. The van der Waals surface area contributed by atoms with E-state index in [1.807, 2.05) is 0 Å². The summed E-state index contributed by atoms with van der Waals surface area (Å²) in [6, 6.07) is 7.91. The predicted molar refractivity (Wildman–Crippen MR) is 81.9 cm³/mol. The fourth-order valence-electron chi connectivity index (χ4n) is 2.20. The molecule has 1 atom stereocenters. The van der Waals surface area contributed by atoms with Crippen molar-refractivity contribution >= 4 is 11.9 Å². The molecule has 0 saturated heterocycles. The number of carbonyl (C=O) groups is 2. The number of ether oxygens (including phenoxy) is 1. The molecule has 24 heavy (non-hydrogen) atoms. The number of carbonyl (C=O) groups excluding carboxylic acids is 1. The zero-order chi connectivity index (χ0) is 17.7. The van der Waals surface area contributed by atoms with Crippen molar-refractivity contribution in [2.45, 2.75) is 12.5 Å². The van der Waals surface area contributed by atoms with E-state index in [9.17, 15) is 23.5 Å². The van der Waals surface area contributed by atoms with E-state index < -0.39 is 35.1 Å². The monoisotopic (exact) mass is 335 g/mol. The number of amides is 1. The molecule has 0 radical (unpaired) electrons. The number of rotatable bonds is 6. The van der Waals surface area contributed by atoms with Gasteiger partial charge in [0.15, 0.2) is 0 Å². The molecule has 126 valence electrons. The lowest BCUT2D eigenvalue weighted by molar-refractivity contribution is -0.139. The van der Waals surface area contributed by atoms with E-state index in [0.717, 1.165) is 12.1 Å². The average Bonchev–Trinajstić information content (AvgIpc) is 2.54. The van der Waals surface area contributed by atoms with Crippen molar-refractivity contribution in [1.82, 2.24) is 5.32 Å². The molecule has 0 heterocycles. The first-order valence-corrected chi connectivity index (χ1v) is 7.03. The fourth-order valence-corrected chi connectivity index (χ4v) is 2.20. The molecule has 2 N–H and O–H groups in total. The zero-order valence-electron chi connectivity index (χ0n) is 12.8. The van der Waals surface area contributed by atoms with Gasteiger partial charge in [-0.05, 0) is 23.8 Å². The standard InChI is InChI=1S/C17H15F2NO4/c1-24-15-5-3-2-4-10(15)8-14(17(22)23)20-16(21)12-7-6-11(18)9-13(12)19/h2-7,9,14H,8H2,1H3,(H,20,21)(H,22,23)/t14-/m1/s1. The van der Waals surface area contributed by atoms with E-state index >= 15 is 0 Å². The van der Waals surface area contributed by atoms with Crippen molar-refractivity contribution in [3.63, 3.8) is 0 Å². The molecule has 0 aliphatic heterocycles. The van der Waals surface area contributed by atoms with Gasteiger partial charge in [0.2, 0.25) is 0 Å². The van der Waals surface area contributed by atoms with Crippen molar-refractivity contribution < 1.29 is 28.2 Å². The SMILES string of the molecule is COc1ccccc1C[C@@H](NC(=O)c1ccc(F)cc1F)C(=O)O. The minimum absolute atomic E-state index is 0.0477. The van der Waals surface area contributed by atoms with Crippen LogP contribution in [0.1, 0.15) is 15.9 Å². The van der Waals surface area contributed by atoms with Crippen molar-refractivity contribution in [2.24, 2.45) is 0 Å². The maximum Gasteiger partial charge on any atom is 0.326 e. The molecule has 0 aliphatic rings. The van der Waals surface area contributed by atoms with Gasteiger partial charge < -0.3 is 15.2 Å². The highest BCUT2D eigenvalue weighted by Crippen LogP contribution is 2.19. The van der Waals surface area contributed by atoms with Gasteiger partial charge in [-0.15, -0.1) is 0 Å².